The molecule has 4 nitrogen and oxygen atoms in total. The van der Waals surface area contributed by atoms with E-state index in [1.165, 1.54) is 7.11 Å². The van der Waals surface area contributed by atoms with Crippen molar-refractivity contribution in [1.82, 2.24) is 5.32 Å². The summed E-state index contributed by atoms with van der Waals surface area (Å²) >= 11 is 0. The molecule has 0 spiro atoms. The van der Waals surface area contributed by atoms with Crippen LogP contribution < -0.4 is 10.1 Å². The molecule has 2 aliphatic heterocycles. The van der Waals surface area contributed by atoms with Crippen molar-refractivity contribution in [2.24, 2.45) is 0 Å². The highest BCUT2D eigenvalue weighted by atomic mass is 19.1. The van der Waals surface area contributed by atoms with Gasteiger partial charge in [0.05, 0.1) is 25.9 Å². The zero-order valence-electron chi connectivity index (χ0n) is 11.2. The van der Waals surface area contributed by atoms with E-state index in [2.05, 4.69) is 10.1 Å². The minimum absolute atomic E-state index is 0.000670. The summed E-state index contributed by atoms with van der Waals surface area (Å²) in [6.07, 6.45) is 0.740. The molecule has 1 aromatic rings. The molecule has 2 saturated heterocycles. The Kier molecular flexibility index (Phi) is 3.40. The van der Waals surface area contributed by atoms with Crippen molar-refractivity contribution in [3.05, 3.63) is 29.3 Å². The fourth-order valence-corrected chi connectivity index (χ4v) is 3.18. The number of halogens is 2. The smallest absolute Gasteiger partial charge is 0.190 e. The fraction of sp³-hybridized carbons (Fsp3) is 0.571. The van der Waals surface area contributed by atoms with Gasteiger partial charge in [0.2, 0.25) is 0 Å². The molecule has 2 unspecified atom stereocenters. The number of rotatable bonds is 2. The quantitative estimate of drug-likeness (QED) is 0.860. The van der Waals surface area contributed by atoms with Gasteiger partial charge >= 0.3 is 0 Å². The van der Waals surface area contributed by atoms with Crippen LogP contribution in [-0.2, 0) is 10.3 Å². The maximum absolute atomic E-state index is 13.8. The van der Waals surface area contributed by atoms with Crippen LogP contribution in [0.5, 0.6) is 5.75 Å². The summed E-state index contributed by atoms with van der Waals surface area (Å²) in [7, 11) is 1.21. The molecule has 2 aliphatic rings. The predicted molar refractivity (Wildman–Crippen MR) is 67.6 cm³/mol. The number of aliphatic hydroxyl groups is 1. The third kappa shape index (κ3) is 2.28. The van der Waals surface area contributed by atoms with E-state index in [-0.39, 0.29) is 17.6 Å². The molecule has 2 heterocycles. The van der Waals surface area contributed by atoms with Crippen molar-refractivity contribution in [3.8, 4) is 5.75 Å². The molecule has 20 heavy (non-hydrogen) atoms. The highest BCUT2D eigenvalue weighted by Gasteiger charge is 2.43. The molecule has 6 heteroatoms. The molecule has 0 radical (unpaired) electrons. The SMILES string of the molecule is COc1c(F)cc(C2(O)CC3COCC(C2)N3)cc1F. The maximum atomic E-state index is 13.8. The molecule has 2 fully saturated rings. The standard InChI is InChI=1S/C14H17F2NO3/c1-19-13-11(15)2-8(3-12(13)16)14(18)4-9-6-20-7-10(5-14)17-9/h2-3,9-10,17-18H,4-7H2,1H3. The second kappa shape index (κ2) is 4.95. The Morgan fingerprint density at radius 3 is 2.30 bits per heavy atom. The van der Waals surface area contributed by atoms with Crippen LogP contribution in [0.4, 0.5) is 8.78 Å². The Morgan fingerprint density at radius 1 is 1.25 bits per heavy atom. The maximum Gasteiger partial charge on any atom is 0.190 e. The minimum atomic E-state index is -1.24. The van der Waals surface area contributed by atoms with Crippen LogP contribution >= 0.6 is 0 Å². The first-order valence-electron chi connectivity index (χ1n) is 6.61. The van der Waals surface area contributed by atoms with E-state index in [9.17, 15) is 13.9 Å². The average molecular weight is 285 g/mol. The number of piperidine rings is 1. The molecular formula is C14H17F2NO3. The van der Waals surface area contributed by atoms with E-state index in [0.717, 1.165) is 12.1 Å². The molecular weight excluding hydrogens is 268 g/mol. The van der Waals surface area contributed by atoms with Crippen molar-refractivity contribution in [2.75, 3.05) is 20.3 Å². The van der Waals surface area contributed by atoms with Crippen LogP contribution in [0.1, 0.15) is 18.4 Å². The van der Waals surface area contributed by atoms with Gasteiger partial charge in [0.1, 0.15) is 0 Å². The Hall–Kier alpha value is -1.24. The van der Waals surface area contributed by atoms with Crippen LogP contribution in [0.3, 0.4) is 0 Å². The van der Waals surface area contributed by atoms with Crippen molar-refractivity contribution in [2.45, 2.75) is 30.5 Å². The lowest BCUT2D eigenvalue weighted by molar-refractivity contribution is -0.0805. The monoisotopic (exact) mass is 285 g/mol. The second-order valence-corrected chi connectivity index (χ2v) is 5.51. The molecule has 0 saturated carbocycles. The van der Waals surface area contributed by atoms with Gasteiger partial charge in [0, 0.05) is 12.1 Å². The molecule has 0 aliphatic carbocycles. The zero-order chi connectivity index (χ0) is 14.3. The Labute approximate surface area is 115 Å². The second-order valence-electron chi connectivity index (χ2n) is 5.51. The summed E-state index contributed by atoms with van der Waals surface area (Å²) < 4.78 is 37.7. The summed E-state index contributed by atoms with van der Waals surface area (Å²) in [6.45, 7) is 1.000. The van der Waals surface area contributed by atoms with Gasteiger partial charge in [0.15, 0.2) is 17.4 Å². The van der Waals surface area contributed by atoms with Gasteiger partial charge in [-0.2, -0.15) is 0 Å². The van der Waals surface area contributed by atoms with Gasteiger partial charge in [-0.05, 0) is 30.5 Å². The number of benzene rings is 1. The molecule has 2 bridgehead atoms. The lowest BCUT2D eigenvalue weighted by atomic mass is 9.78. The van der Waals surface area contributed by atoms with E-state index in [1.54, 1.807) is 0 Å². The van der Waals surface area contributed by atoms with Crippen LogP contribution in [0, 0.1) is 11.6 Å². The Bertz CT molecular complexity index is 488. The van der Waals surface area contributed by atoms with Gasteiger partial charge in [-0.1, -0.05) is 0 Å². The first-order valence-corrected chi connectivity index (χ1v) is 6.61. The number of methoxy groups -OCH3 is 1. The van der Waals surface area contributed by atoms with Gasteiger partial charge in [-0.25, -0.2) is 8.78 Å². The van der Waals surface area contributed by atoms with E-state index in [1.807, 2.05) is 0 Å². The molecule has 110 valence electrons. The molecule has 0 amide bonds. The Balaban J connectivity index is 1.95. The van der Waals surface area contributed by atoms with Crippen LogP contribution in [-0.4, -0.2) is 37.5 Å². The van der Waals surface area contributed by atoms with Gasteiger partial charge in [0.25, 0.3) is 0 Å². The van der Waals surface area contributed by atoms with E-state index >= 15 is 0 Å². The zero-order valence-corrected chi connectivity index (χ0v) is 11.2. The highest BCUT2D eigenvalue weighted by molar-refractivity contribution is 5.35. The third-order valence-corrected chi connectivity index (χ3v) is 4.02. The number of hydrogen-bond donors (Lipinski definition) is 2. The molecule has 1 aromatic carbocycles. The number of hydrogen-bond acceptors (Lipinski definition) is 4. The van der Waals surface area contributed by atoms with Gasteiger partial charge in [-0.15, -0.1) is 0 Å². The van der Waals surface area contributed by atoms with Crippen molar-refractivity contribution in [3.63, 3.8) is 0 Å². The van der Waals surface area contributed by atoms with Crippen LogP contribution in [0.2, 0.25) is 0 Å². The number of morpholine rings is 1. The van der Waals surface area contributed by atoms with Crippen LogP contribution in [0.25, 0.3) is 0 Å². The first kappa shape index (κ1) is 13.7. The van der Waals surface area contributed by atoms with Crippen LogP contribution in [0.15, 0.2) is 12.1 Å². The number of ether oxygens (including phenoxy) is 2. The van der Waals surface area contributed by atoms with Crippen molar-refractivity contribution in [1.29, 1.82) is 0 Å². The van der Waals surface area contributed by atoms with Gasteiger partial charge in [-0.3, -0.25) is 0 Å². The molecule has 0 aromatic heterocycles. The molecule has 2 N–H and O–H groups in total. The Morgan fingerprint density at radius 2 is 1.80 bits per heavy atom. The summed E-state index contributed by atoms with van der Waals surface area (Å²) in [6, 6.07) is 2.31. The predicted octanol–water partition coefficient (Wildman–Crippen LogP) is 1.31. The van der Waals surface area contributed by atoms with Gasteiger partial charge < -0.3 is 19.9 Å². The first-order chi connectivity index (χ1) is 9.51. The summed E-state index contributed by atoms with van der Waals surface area (Å²) in [5.41, 5.74) is -0.982. The number of fused-ring (bicyclic) bond motifs is 2. The number of nitrogens with one attached hydrogen (secondary N) is 1. The van der Waals surface area contributed by atoms with E-state index < -0.39 is 23.0 Å². The summed E-state index contributed by atoms with van der Waals surface area (Å²) in [4.78, 5) is 0. The van der Waals surface area contributed by atoms with E-state index in [0.29, 0.717) is 26.1 Å². The lowest BCUT2D eigenvalue weighted by Crippen LogP contribution is -2.58. The molecule has 3 rings (SSSR count). The largest absolute Gasteiger partial charge is 0.491 e. The van der Waals surface area contributed by atoms with Crippen molar-refractivity contribution >= 4 is 0 Å². The summed E-state index contributed by atoms with van der Waals surface area (Å²) in [5, 5.41) is 14.1. The average Bonchev–Trinajstić information content (AvgIpc) is 2.37. The van der Waals surface area contributed by atoms with Crippen molar-refractivity contribution < 1.29 is 23.4 Å². The minimum Gasteiger partial charge on any atom is -0.491 e. The normalized spacial score (nSPS) is 33.0. The lowest BCUT2D eigenvalue weighted by Gasteiger charge is -2.45. The summed E-state index contributed by atoms with van der Waals surface area (Å²) in [5.74, 6) is -2.01. The highest BCUT2D eigenvalue weighted by Crippen LogP contribution is 2.38. The molecule has 2 atom stereocenters. The fourth-order valence-electron chi connectivity index (χ4n) is 3.18. The van der Waals surface area contributed by atoms with E-state index in [4.69, 9.17) is 4.74 Å². The third-order valence-electron chi connectivity index (χ3n) is 4.02. The topological polar surface area (TPSA) is 50.7 Å².